The predicted octanol–water partition coefficient (Wildman–Crippen LogP) is 0.0420. The number of nitrogen functional groups attached to an aromatic ring is 1. The molecule has 0 bridgehead atoms. The van der Waals surface area contributed by atoms with E-state index in [9.17, 15) is 9.18 Å². The lowest BCUT2D eigenvalue weighted by molar-refractivity contribution is 0.0631. The topological polar surface area (TPSA) is 90.4 Å². The molecule has 1 aromatic heterocycles. The molecule has 0 saturated carbocycles. The van der Waals surface area contributed by atoms with Crippen molar-refractivity contribution in [3.05, 3.63) is 22.5 Å². The van der Waals surface area contributed by atoms with Gasteiger partial charge in [0.15, 0.2) is 11.6 Å². The zero-order valence-corrected chi connectivity index (χ0v) is 10.6. The zero-order valence-electron chi connectivity index (χ0n) is 9.75. The lowest BCUT2D eigenvalue weighted by Gasteiger charge is -2.11. The van der Waals surface area contributed by atoms with Gasteiger partial charge in [0.2, 0.25) is 0 Å². The Bertz CT molecular complexity index is 444. The number of aliphatic hydroxyl groups is 1. The van der Waals surface area contributed by atoms with E-state index in [1.807, 2.05) is 0 Å². The molecule has 8 heteroatoms. The van der Waals surface area contributed by atoms with E-state index in [-0.39, 0.29) is 5.82 Å². The number of aromatic nitrogens is 2. The first-order valence-corrected chi connectivity index (χ1v) is 5.85. The van der Waals surface area contributed by atoms with Crippen molar-refractivity contribution < 1.29 is 14.2 Å². The number of anilines is 1. The summed E-state index contributed by atoms with van der Waals surface area (Å²) in [4.78, 5) is 14.6. The van der Waals surface area contributed by atoms with Crippen LogP contribution in [0.1, 0.15) is 6.23 Å². The van der Waals surface area contributed by atoms with Gasteiger partial charge < -0.3 is 15.6 Å². The highest BCUT2D eigenvalue weighted by Gasteiger charge is 2.20. The Kier molecular flexibility index (Phi) is 7.78. The molecule has 0 radical (unpaired) electrons. The maximum Gasteiger partial charge on any atom is 0.351 e. The van der Waals surface area contributed by atoms with E-state index < -0.39 is 17.7 Å². The fourth-order valence-electron chi connectivity index (χ4n) is 1.15. The standard InChI is InChI=1S/C7H8FN3O2S.C2H2.CH4O/c8-4-1-11(5-2-14-3-13-5)7(12)10-6(4)9;2*1-2/h1,5H,2-3H2,(H2,9,10,12);1-2H;2H,1H3/t5-;;/m0../s1. The lowest BCUT2D eigenvalue weighted by atomic mass is 10.5. The van der Waals surface area contributed by atoms with Gasteiger partial charge in [-0.25, -0.2) is 9.18 Å². The zero-order chi connectivity index (χ0) is 14.1. The summed E-state index contributed by atoms with van der Waals surface area (Å²) in [5.74, 6) is 0.0376. The van der Waals surface area contributed by atoms with Crippen LogP contribution in [0.2, 0.25) is 0 Å². The van der Waals surface area contributed by atoms with E-state index >= 15 is 0 Å². The minimum atomic E-state index is -0.704. The molecule has 0 amide bonds. The normalized spacial score (nSPS) is 17.1. The minimum absolute atomic E-state index is 0.378. The molecule has 1 aromatic rings. The number of hydrogen-bond acceptors (Lipinski definition) is 6. The Balaban J connectivity index is 0.000000659. The molecule has 2 rings (SSSR count). The Morgan fingerprint density at radius 3 is 2.78 bits per heavy atom. The third kappa shape index (κ3) is 4.03. The van der Waals surface area contributed by atoms with Gasteiger partial charge in [-0.1, -0.05) is 0 Å². The van der Waals surface area contributed by atoms with Crippen molar-refractivity contribution in [1.29, 1.82) is 0 Å². The Labute approximate surface area is 108 Å². The first-order valence-electron chi connectivity index (χ1n) is 4.70. The molecule has 18 heavy (non-hydrogen) atoms. The SMILES string of the molecule is C#C.CO.Nc1nc(=O)n([C@@H]2CSCO2)cc1F. The van der Waals surface area contributed by atoms with Gasteiger partial charge in [-0.05, 0) is 0 Å². The van der Waals surface area contributed by atoms with Crippen LogP contribution in [-0.4, -0.2) is 33.5 Å². The largest absolute Gasteiger partial charge is 0.400 e. The van der Waals surface area contributed by atoms with Crippen LogP contribution in [0, 0.1) is 18.7 Å². The Morgan fingerprint density at radius 2 is 2.28 bits per heavy atom. The van der Waals surface area contributed by atoms with Gasteiger partial charge in [0, 0.05) is 12.9 Å². The molecule has 1 aliphatic heterocycles. The van der Waals surface area contributed by atoms with Gasteiger partial charge in [0.05, 0.1) is 12.1 Å². The van der Waals surface area contributed by atoms with Crippen molar-refractivity contribution in [1.82, 2.24) is 9.55 Å². The third-order valence-electron chi connectivity index (χ3n) is 1.85. The van der Waals surface area contributed by atoms with Crippen molar-refractivity contribution in [3.63, 3.8) is 0 Å². The van der Waals surface area contributed by atoms with Crippen LogP contribution in [0.5, 0.6) is 0 Å². The second-order valence-corrected chi connectivity index (χ2v) is 3.75. The van der Waals surface area contributed by atoms with Crippen molar-refractivity contribution in [2.24, 2.45) is 0 Å². The minimum Gasteiger partial charge on any atom is -0.400 e. The van der Waals surface area contributed by atoms with Crippen LogP contribution >= 0.6 is 11.8 Å². The number of nitrogens with zero attached hydrogens (tertiary/aromatic N) is 2. The molecule has 0 aliphatic carbocycles. The average molecular weight is 275 g/mol. The highest BCUT2D eigenvalue weighted by Crippen LogP contribution is 2.23. The summed E-state index contributed by atoms with van der Waals surface area (Å²) in [6, 6.07) is 0. The summed E-state index contributed by atoms with van der Waals surface area (Å²) in [5, 5.41) is 7.00. The molecule has 1 saturated heterocycles. The second kappa shape index (κ2) is 8.52. The number of rotatable bonds is 1. The summed E-state index contributed by atoms with van der Waals surface area (Å²) < 4.78 is 19.3. The van der Waals surface area contributed by atoms with Gasteiger partial charge in [-0.15, -0.1) is 24.6 Å². The smallest absolute Gasteiger partial charge is 0.351 e. The summed E-state index contributed by atoms with van der Waals surface area (Å²) in [7, 11) is 1.00. The number of ether oxygens (including phenoxy) is 1. The van der Waals surface area contributed by atoms with Gasteiger partial charge in [0.25, 0.3) is 0 Å². The fraction of sp³-hybridized carbons (Fsp3) is 0.400. The monoisotopic (exact) mass is 275 g/mol. The lowest BCUT2D eigenvalue weighted by Crippen LogP contribution is -2.29. The van der Waals surface area contributed by atoms with Crippen LogP contribution in [0.25, 0.3) is 0 Å². The van der Waals surface area contributed by atoms with Crippen molar-refractivity contribution in [2.45, 2.75) is 6.23 Å². The van der Waals surface area contributed by atoms with Crippen LogP contribution in [0.15, 0.2) is 11.0 Å². The summed E-state index contributed by atoms with van der Waals surface area (Å²) in [5.41, 5.74) is 4.56. The maximum atomic E-state index is 13.0. The van der Waals surface area contributed by atoms with E-state index in [4.69, 9.17) is 15.6 Å². The quantitative estimate of drug-likeness (QED) is 0.703. The average Bonchev–Trinajstić information content (AvgIpc) is 2.92. The molecule has 0 unspecified atom stereocenters. The second-order valence-electron chi connectivity index (χ2n) is 2.77. The molecular weight excluding hydrogens is 261 g/mol. The van der Waals surface area contributed by atoms with Crippen LogP contribution < -0.4 is 11.4 Å². The third-order valence-corrected chi connectivity index (χ3v) is 2.67. The van der Waals surface area contributed by atoms with Crippen LogP contribution in [-0.2, 0) is 4.74 Å². The molecule has 6 nitrogen and oxygen atoms in total. The van der Waals surface area contributed by atoms with E-state index in [1.165, 1.54) is 11.8 Å². The molecule has 1 atom stereocenters. The summed E-state index contributed by atoms with van der Waals surface area (Å²) in [6.07, 6.45) is 8.59. The number of halogens is 1. The van der Waals surface area contributed by atoms with Gasteiger partial charge >= 0.3 is 5.69 Å². The number of aliphatic hydroxyl groups excluding tert-OH is 1. The molecule has 3 N–H and O–H groups in total. The maximum absolute atomic E-state index is 13.0. The Hall–Kier alpha value is -1.56. The molecule has 0 aromatic carbocycles. The Morgan fingerprint density at radius 1 is 1.67 bits per heavy atom. The van der Waals surface area contributed by atoms with Gasteiger partial charge in [0.1, 0.15) is 6.23 Å². The molecule has 100 valence electrons. The van der Waals surface area contributed by atoms with Crippen molar-refractivity contribution in [3.8, 4) is 12.8 Å². The fourth-order valence-corrected chi connectivity index (χ4v) is 1.96. The van der Waals surface area contributed by atoms with E-state index in [0.717, 1.165) is 17.9 Å². The highest BCUT2D eigenvalue weighted by atomic mass is 32.2. The van der Waals surface area contributed by atoms with Gasteiger partial charge in [-0.3, -0.25) is 4.57 Å². The molecule has 1 fully saturated rings. The van der Waals surface area contributed by atoms with Crippen LogP contribution in [0.3, 0.4) is 0 Å². The summed E-state index contributed by atoms with van der Waals surface area (Å²) in [6.45, 7) is 0. The summed E-state index contributed by atoms with van der Waals surface area (Å²) >= 11 is 1.53. The predicted molar refractivity (Wildman–Crippen MR) is 68.3 cm³/mol. The van der Waals surface area contributed by atoms with Crippen molar-refractivity contribution >= 4 is 17.6 Å². The first-order chi connectivity index (χ1) is 8.68. The number of terminal acetylenes is 1. The number of nitrogens with two attached hydrogens (primary N) is 1. The number of thioether (sulfide) groups is 1. The highest BCUT2D eigenvalue weighted by molar-refractivity contribution is 7.99. The van der Waals surface area contributed by atoms with Gasteiger partial charge in [-0.2, -0.15) is 4.98 Å². The number of hydrogen-bond donors (Lipinski definition) is 2. The molecule has 1 aliphatic rings. The molecule has 2 heterocycles. The van der Waals surface area contributed by atoms with Crippen LogP contribution in [0.4, 0.5) is 10.2 Å². The van der Waals surface area contributed by atoms with Crippen molar-refractivity contribution in [2.75, 3.05) is 24.5 Å². The van der Waals surface area contributed by atoms with E-state index in [1.54, 1.807) is 0 Å². The molecular formula is C10H14FN3O3S. The first kappa shape index (κ1) is 16.4. The molecule has 0 spiro atoms. The van der Waals surface area contributed by atoms with E-state index in [2.05, 4.69) is 17.8 Å². The van der Waals surface area contributed by atoms with E-state index in [0.29, 0.717) is 11.7 Å².